The highest BCUT2D eigenvalue weighted by Gasteiger charge is 2.46. The van der Waals surface area contributed by atoms with Crippen molar-refractivity contribution in [2.24, 2.45) is 0 Å². The first-order chi connectivity index (χ1) is 44.9. The Labute approximate surface area is 533 Å². The summed E-state index contributed by atoms with van der Waals surface area (Å²) in [7, 11) is 0. The number of benzene rings is 15. The normalized spacial score (nSPS) is 12.5. The Kier molecular flexibility index (Phi) is 14.4. The van der Waals surface area contributed by atoms with Gasteiger partial charge in [0, 0.05) is 34.1 Å². The van der Waals surface area contributed by atoms with Gasteiger partial charge in [0.2, 0.25) is 0 Å². The Morgan fingerprint density at radius 3 is 1.02 bits per heavy atom. The molecule has 1 aliphatic carbocycles. The van der Waals surface area contributed by atoms with E-state index in [1.165, 1.54) is 136 Å². The summed E-state index contributed by atoms with van der Waals surface area (Å²) in [5.41, 5.74) is 16.9. The van der Waals surface area contributed by atoms with Gasteiger partial charge in [0.05, 0.1) is 12.0 Å². The van der Waals surface area contributed by atoms with Crippen molar-refractivity contribution in [3.8, 4) is 28.0 Å². The van der Waals surface area contributed by atoms with Gasteiger partial charge in [0.1, 0.15) is 5.75 Å². The van der Waals surface area contributed by atoms with E-state index in [0.29, 0.717) is 6.61 Å². The molecule has 15 aromatic rings. The number of anilines is 6. The van der Waals surface area contributed by atoms with Crippen molar-refractivity contribution < 1.29 is 4.74 Å². The minimum Gasteiger partial charge on any atom is -0.494 e. The third-order valence-corrected chi connectivity index (χ3v) is 19.3. The van der Waals surface area contributed by atoms with Crippen LogP contribution in [0.4, 0.5) is 34.1 Å². The number of aryl methyl sites for hydroxylation is 1. The highest BCUT2D eigenvalue weighted by molar-refractivity contribution is 6.18. The maximum absolute atomic E-state index is 6.55. The molecular formula is C88H70N2O. The lowest BCUT2D eigenvalue weighted by Gasteiger charge is -2.35. The molecule has 0 saturated heterocycles. The predicted molar refractivity (Wildman–Crippen MR) is 387 cm³/mol. The van der Waals surface area contributed by atoms with Gasteiger partial charge in [0.25, 0.3) is 0 Å². The van der Waals surface area contributed by atoms with Crippen LogP contribution in [0.2, 0.25) is 0 Å². The molecule has 0 aromatic heterocycles. The van der Waals surface area contributed by atoms with Crippen molar-refractivity contribution in [2.75, 3.05) is 16.4 Å². The first-order valence-electron chi connectivity index (χ1n) is 32.6. The lowest BCUT2D eigenvalue weighted by atomic mass is 9.66. The zero-order valence-electron chi connectivity index (χ0n) is 51.6. The van der Waals surface area contributed by atoms with Gasteiger partial charge < -0.3 is 14.5 Å². The van der Waals surface area contributed by atoms with Crippen LogP contribution in [0.25, 0.3) is 86.9 Å². The molecule has 16 rings (SSSR count). The predicted octanol–water partition coefficient (Wildman–Crippen LogP) is 24.6. The number of ether oxygens (including phenoxy) is 1. The Morgan fingerprint density at radius 2 is 0.626 bits per heavy atom. The SMILES string of the molecule is CCCCCCCCOc1ccc(C2(c3ccc(C)cc3)c3cc(-c4ccc(N(c5ccc6ccccc6c5)c5ccc6ccccc6c5)cc4)cc4ccc5cc(-c6ccc(N(c7ccc8ccccc8c7)c7ccc8ccccc8c7)cc6)cc2c5c34)cc1. The van der Waals surface area contributed by atoms with Gasteiger partial charge in [-0.2, -0.15) is 0 Å². The van der Waals surface area contributed by atoms with Crippen molar-refractivity contribution in [1.82, 2.24) is 0 Å². The molecular weight excluding hydrogens is 1100 g/mol. The Bertz CT molecular complexity index is 4770. The lowest BCUT2D eigenvalue weighted by molar-refractivity contribution is 0.304. The van der Waals surface area contributed by atoms with Gasteiger partial charge in [-0.3, -0.25) is 0 Å². The second kappa shape index (κ2) is 23.7. The van der Waals surface area contributed by atoms with Crippen molar-refractivity contribution in [3.05, 3.63) is 331 Å². The fourth-order valence-corrected chi connectivity index (χ4v) is 14.6. The van der Waals surface area contributed by atoms with Gasteiger partial charge >= 0.3 is 0 Å². The second-order valence-corrected chi connectivity index (χ2v) is 25.0. The Hall–Kier alpha value is -10.7. The molecule has 0 atom stereocenters. The molecule has 1 aliphatic rings. The Balaban J connectivity index is 0.833. The molecule has 0 amide bonds. The van der Waals surface area contributed by atoms with Crippen LogP contribution in [0.3, 0.4) is 0 Å². The zero-order valence-corrected chi connectivity index (χ0v) is 51.6. The fourth-order valence-electron chi connectivity index (χ4n) is 14.6. The molecule has 15 aromatic carbocycles. The van der Waals surface area contributed by atoms with E-state index in [-0.39, 0.29) is 0 Å². The summed E-state index contributed by atoms with van der Waals surface area (Å²) in [5, 5.41) is 14.8. The summed E-state index contributed by atoms with van der Waals surface area (Å²) in [6.07, 6.45) is 7.35. The largest absolute Gasteiger partial charge is 0.494 e. The van der Waals surface area contributed by atoms with Gasteiger partial charge in [0.15, 0.2) is 0 Å². The van der Waals surface area contributed by atoms with E-state index in [0.717, 1.165) is 57.4 Å². The van der Waals surface area contributed by atoms with Crippen LogP contribution in [-0.4, -0.2) is 6.61 Å². The monoisotopic (exact) mass is 1170 g/mol. The number of hydrogen-bond acceptors (Lipinski definition) is 3. The fraction of sp³-hybridized carbons (Fsp3) is 0.114. The van der Waals surface area contributed by atoms with Crippen molar-refractivity contribution in [3.63, 3.8) is 0 Å². The summed E-state index contributed by atoms with van der Waals surface area (Å²) in [5.74, 6) is 0.910. The van der Waals surface area contributed by atoms with Crippen LogP contribution in [0, 0.1) is 6.92 Å². The van der Waals surface area contributed by atoms with E-state index in [9.17, 15) is 0 Å². The average molecular weight is 1170 g/mol. The summed E-state index contributed by atoms with van der Waals surface area (Å²) >= 11 is 0. The summed E-state index contributed by atoms with van der Waals surface area (Å²) in [4.78, 5) is 4.80. The zero-order chi connectivity index (χ0) is 60.8. The summed E-state index contributed by atoms with van der Waals surface area (Å²) < 4.78 is 6.55. The van der Waals surface area contributed by atoms with Gasteiger partial charge in [-0.1, -0.05) is 239 Å². The quantitative estimate of drug-likeness (QED) is 0.0629. The minimum atomic E-state index is -0.691. The van der Waals surface area contributed by atoms with Crippen LogP contribution < -0.4 is 14.5 Å². The molecule has 3 nitrogen and oxygen atoms in total. The molecule has 0 aliphatic heterocycles. The van der Waals surface area contributed by atoms with Crippen molar-refractivity contribution in [2.45, 2.75) is 57.8 Å². The van der Waals surface area contributed by atoms with Gasteiger partial charge in [-0.15, -0.1) is 0 Å². The molecule has 0 saturated carbocycles. The van der Waals surface area contributed by atoms with E-state index in [2.05, 4.69) is 327 Å². The third kappa shape index (κ3) is 10.2. The molecule has 0 N–H and O–H groups in total. The minimum absolute atomic E-state index is 0.691. The standard InChI is InChI=1S/C88H70N2O/c1-3-4-5-6-7-16-51-91-83-49-39-76(40-50-83)88(75-37-25-60(2)26-38-75)84-58-73(65-29-41-77(42-30-65)89(79-45-33-61-17-8-12-21-67(61)54-79)80-46-34-62-18-9-13-22-68(62)55-80)52-71-27-28-72-53-74(59-85(88)87(72)86(71)84)66-31-43-78(44-32-66)90(81-47-35-63-19-10-14-23-69(63)56-81)82-48-36-64-20-11-15-24-70(64)57-82/h8-15,17-50,52-59H,3-7,16,51H2,1-2H3. The van der Waals surface area contributed by atoms with E-state index in [1.807, 2.05) is 0 Å². The topological polar surface area (TPSA) is 15.7 Å². The number of unbranched alkanes of at least 4 members (excludes halogenated alkanes) is 5. The van der Waals surface area contributed by atoms with E-state index in [1.54, 1.807) is 0 Å². The van der Waals surface area contributed by atoms with Crippen LogP contribution in [-0.2, 0) is 5.41 Å². The first-order valence-corrected chi connectivity index (χ1v) is 32.6. The smallest absolute Gasteiger partial charge is 0.119 e. The molecule has 0 unspecified atom stereocenters. The van der Waals surface area contributed by atoms with Crippen LogP contribution >= 0.6 is 0 Å². The maximum atomic E-state index is 6.55. The molecule has 0 bridgehead atoms. The first kappa shape index (κ1) is 55.6. The number of fused-ring (bicyclic) bond motifs is 4. The maximum Gasteiger partial charge on any atom is 0.119 e. The van der Waals surface area contributed by atoms with Crippen molar-refractivity contribution in [1.29, 1.82) is 0 Å². The van der Waals surface area contributed by atoms with E-state index >= 15 is 0 Å². The molecule has 0 spiro atoms. The Morgan fingerprint density at radius 1 is 0.286 bits per heavy atom. The highest BCUT2D eigenvalue weighted by Crippen LogP contribution is 2.58. The highest BCUT2D eigenvalue weighted by atomic mass is 16.5. The molecule has 3 heteroatoms. The van der Waals surface area contributed by atoms with Gasteiger partial charge in [-0.25, -0.2) is 0 Å². The van der Waals surface area contributed by atoms with Crippen LogP contribution in [0.5, 0.6) is 5.75 Å². The second-order valence-electron chi connectivity index (χ2n) is 25.0. The summed E-state index contributed by atoms with van der Waals surface area (Å²) in [6, 6.07) is 113. The summed E-state index contributed by atoms with van der Waals surface area (Å²) in [6.45, 7) is 5.19. The lowest BCUT2D eigenvalue weighted by Crippen LogP contribution is -2.29. The van der Waals surface area contributed by atoms with Crippen molar-refractivity contribution >= 4 is 98.8 Å². The van der Waals surface area contributed by atoms with E-state index < -0.39 is 5.41 Å². The number of hydrogen-bond donors (Lipinski definition) is 0. The average Bonchev–Trinajstić information content (AvgIpc) is 1.53. The third-order valence-electron chi connectivity index (χ3n) is 19.3. The molecule has 438 valence electrons. The van der Waals surface area contributed by atoms with Gasteiger partial charge in [-0.05, 0) is 232 Å². The molecule has 0 fully saturated rings. The van der Waals surface area contributed by atoms with E-state index in [4.69, 9.17) is 4.74 Å². The molecule has 0 heterocycles. The molecule has 91 heavy (non-hydrogen) atoms. The number of nitrogens with zero attached hydrogens (tertiary/aromatic N) is 2. The van der Waals surface area contributed by atoms with Crippen LogP contribution in [0.1, 0.15) is 73.3 Å². The van der Waals surface area contributed by atoms with Crippen LogP contribution in [0.15, 0.2) is 303 Å². The molecule has 0 radical (unpaired) electrons. The number of rotatable bonds is 18.